The quantitative estimate of drug-likeness (QED) is 0.814. The fourth-order valence-corrected chi connectivity index (χ4v) is 2.79. The predicted molar refractivity (Wildman–Crippen MR) is 54.8 cm³/mol. The molecule has 1 aliphatic rings. The smallest absolute Gasteiger partial charge is 0.316 e. The van der Waals surface area contributed by atoms with Gasteiger partial charge in [0, 0.05) is 4.88 Å². The van der Waals surface area contributed by atoms with E-state index in [-0.39, 0.29) is 0 Å². The second-order valence-electron chi connectivity index (χ2n) is 4.17. The summed E-state index contributed by atoms with van der Waals surface area (Å²) in [6.07, 6.45) is 3.26. The molecule has 0 saturated carbocycles. The molecule has 1 aromatic heterocycles. The van der Waals surface area contributed by atoms with Gasteiger partial charge >= 0.3 is 5.97 Å². The molecule has 0 spiro atoms. The molecule has 0 fully saturated rings. The van der Waals surface area contributed by atoms with E-state index in [1.807, 2.05) is 0 Å². The summed E-state index contributed by atoms with van der Waals surface area (Å²) >= 11 is 1.57. The Kier molecular flexibility index (Phi) is 2.10. The van der Waals surface area contributed by atoms with Crippen molar-refractivity contribution in [2.75, 3.05) is 0 Å². The van der Waals surface area contributed by atoms with E-state index >= 15 is 0 Å². The summed E-state index contributed by atoms with van der Waals surface area (Å²) in [5, 5.41) is 9.80. The van der Waals surface area contributed by atoms with E-state index < -0.39 is 11.4 Å². The molecular weight excluding hydrogens is 198 g/mol. The Morgan fingerprint density at radius 2 is 2.21 bits per heavy atom. The van der Waals surface area contributed by atoms with E-state index in [4.69, 9.17) is 5.11 Å². The van der Waals surface area contributed by atoms with E-state index in [1.54, 1.807) is 25.2 Å². The van der Waals surface area contributed by atoms with Crippen molar-refractivity contribution in [1.82, 2.24) is 4.98 Å². The molecule has 0 bridgehead atoms. The highest BCUT2D eigenvalue weighted by atomic mass is 32.1. The van der Waals surface area contributed by atoms with Gasteiger partial charge in [0.15, 0.2) is 0 Å². The van der Waals surface area contributed by atoms with Crippen molar-refractivity contribution < 1.29 is 9.90 Å². The first-order valence-electron chi connectivity index (χ1n) is 4.74. The number of carboxylic acid groups (broad SMARTS) is 1. The maximum Gasteiger partial charge on any atom is 0.316 e. The van der Waals surface area contributed by atoms with Crippen molar-refractivity contribution in [3.8, 4) is 0 Å². The molecule has 1 aliphatic carbocycles. The maximum absolute atomic E-state index is 11.0. The average Bonchev–Trinajstić information content (AvgIpc) is 2.60. The summed E-state index contributed by atoms with van der Waals surface area (Å²) in [6, 6.07) is 0. The molecule has 0 aromatic carbocycles. The number of fused-ring (bicyclic) bond motifs is 1. The van der Waals surface area contributed by atoms with Crippen molar-refractivity contribution in [1.29, 1.82) is 0 Å². The lowest BCUT2D eigenvalue weighted by atomic mass is 9.95. The number of aliphatic carboxylic acids is 1. The summed E-state index contributed by atoms with van der Waals surface area (Å²) in [7, 11) is 0. The Balaban J connectivity index is 2.38. The lowest BCUT2D eigenvalue weighted by molar-refractivity contribution is -0.142. The van der Waals surface area contributed by atoms with Gasteiger partial charge in [-0.05, 0) is 33.1 Å². The first-order chi connectivity index (χ1) is 6.51. The highest BCUT2D eigenvalue weighted by Crippen LogP contribution is 2.34. The Morgan fingerprint density at radius 3 is 2.79 bits per heavy atom. The zero-order chi connectivity index (χ0) is 10.3. The normalized spacial score (nSPS) is 15.6. The van der Waals surface area contributed by atoms with Gasteiger partial charge in [-0.2, -0.15) is 0 Å². The van der Waals surface area contributed by atoms with Crippen molar-refractivity contribution in [3.63, 3.8) is 0 Å². The second kappa shape index (κ2) is 3.05. The first-order valence-corrected chi connectivity index (χ1v) is 5.56. The summed E-state index contributed by atoms with van der Waals surface area (Å²) in [4.78, 5) is 16.7. The van der Waals surface area contributed by atoms with Crippen LogP contribution in [0.2, 0.25) is 0 Å². The molecule has 2 rings (SSSR count). The Hall–Kier alpha value is -0.900. The molecule has 0 atom stereocenters. The molecule has 14 heavy (non-hydrogen) atoms. The third-order valence-electron chi connectivity index (χ3n) is 2.66. The van der Waals surface area contributed by atoms with E-state index in [9.17, 15) is 4.79 Å². The van der Waals surface area contributed by atoms with Crippen LogP contribution in [0.4, 0.5) is 0 Å². The van der Waals surface area contributed by atoms with Crippen LogP contribution in [-0.4, -0.2) is 16.1 Å². The molecular formula is C10H13NO2S. The number of aromatic nitrogens is 1. The highest BCUT2D eigenvalue weighted by molar-refractivity contribution is 7.12. The molecule has 1 aromatic rings. The van der Waals surface area contributed by atoms with Gasteiger partial charge in [-0.3, -0.25) is 4.79 Å². The van der Waals surface area contributed by atoms with Crippen LogP contribution in [-0.2, 0) is 23.1 Å². The molecule has 1 N–H and O–H groups in total. The van der Waals surface area contributed by atoms with Crippen molar-refractivity contribution in [2.45, 2.75) is 38.5 Å². The van der Waals surface area contributed by atoms with Crippen molar-refractivity contribution in [2.24, 2.45) is 0 Å². The first kappa shape index (κ1) is 9.65. The minimum atomic E-state index is -0.838. The average molecular weight is 211 g/mol. The van der Waals surface area contributed by atoms with Gasteiger partial charge in [0.2, 0.25) is 0 Å². The highest BCUT2D eigenvalue weighted by Gasteiger charge is 2.34. The number of hydrogen-bond acceptors (Lipinski definition) is 3. The fraction of sp³-hybridized carbons (Fsp3) is 0.600. The lowest BCUT2D eigenvalue weighted by Gasteiger charge is -2.15. The molecule has 0 amide bonds. The van der Waals surface area contributed by atoms with Gasteiger partial charge in [-0.25, -0.2) is 4.98 Å². The number of carboxylic acids is 1. The minimum absolute atomic E-state index is 0.745. The Morgan fingerprint density at radius 1 is 1.50 bits per heavy atom. The third kappa shape index (κ3) is 1.34. The number of hydrogen-bond donors (Lipinski definition) is 1. The number of nitrogens with zero attached hydrogens (tertiary/aromatic N) is 1. The summed E-state index contributed by atoms with van der Waals surface area (Å²) in [5.41, 5.74) is 0.286. The molecule has 3 nitrogen and oxygen atoms in total. The number of carbonyl (C=O) groups is 1. The van der Waals surface area contributed by atoms with Gasteiger partial charge in [0.1, 0.15) is 10.4 Å². The molecule has 0 radical (unpaired) electrons. The zero-order valence-corrected chi connectivity index (χ0v) is 9.15. The summed E-state index contributed by atoms with van der Waals surface area (Å²) in [5.74, 6) is -0.801. The lowest BCUT2D eigenvalue weighted by Crippen LogP contribution is -2.28. The van der Waals surface area contributed by atoms with Crippen LogP contribution in [0.25, 0.3) is 0 Å². The molecule has 4 heteroatoms. The van der Waals surface area contributed by atoms with Crippen LogP contribution < -0.4 is 0 Å². The maximum atomic E-state index is 11.0. The van der Waals surface area contributed by atoms with Crippen LogP contribution in [0.5, 0.6) is 0 Å². The Bertz CT molecular complexity index is 360. The number of aryl methyl sites for hydroxylation is 2. The fourth-order valence-electron chi connectivity index (χ4n) is 1.55. The number of thiazole rings is 1. The van der Waals surface area contributed by atoms with Crippen LogP contribution in [0.3, 0.4) is 0 Å². The van der Waals surface area contributed by atoms with Gasteiger partial charge in [-0.15, -0.1) is 11.3 Å². The van der Waals surface area contributed by atoms with E-state index in [0.717, 1.165) is 23.5 Å². The molecule has 0 unspecified atom stereocenters. The number of rotatable bonds is 2. The van der Waals surface area contributed by atoms with Gasteiger partial charge in [0.25, 0.3) is 0 Å². The van der Waals surface area contributed by atoms with Crippen LogP contribution >= 0.6 is 11.3 Å². The molecule has 1 heterocycles. The standard InChI is InChI=1S/C10H13NO2S/c1-10(2,9(12)13)8-11-6-4-3-5-7(6)14-8/h3-5H2,1-2H3,(H,12,13). The van der Waals surface area contributed by atoms with E-state index in [2.05, 4.69) is 4.98 Å². The van der Waals surface area contributed by atoms with Gasteiger partial charge < -0.3 is 5.11 Å². The predicted octanol–water partition coefficient (Wildman–Crippen LogP) is 1.99. The molecule has 76 valence electrons. The van der Waals surface area contributed by atoms with Gasteiger partial charge in [-0.1, -0.05) is 0 Å². The van der Waals surface area contributed by atoms with Crippen molar-refractivity contribution >= 4 is 17.3 Å². The zero-order valence-electron chi connectivity index (χ0n) is 8.33. The largest absolute Gasteiger partial charge is 0.481 e. The Labute approximate surface area is 86.8 Å². The van der Waals surface area contributed by atoms with E-state index in [1.165, 1.54) is 11.3 Å². The van der Waals surface area contributed by atoms with Crippen LogP contribution in [0.15, 0.2) is 0 Å². The monoisotopic (exact) mass is 211 g/mol. The topological polar surface area (TPSA) is 50.2 Å². The summed E-state index contributed by atoms with van der Waals surface area (Å²) in [6.45, 7) is 3.42. The van der Waals surface area contributed by atoms with Crippen LogP contribution in [0, 0.1) is 0 Å². The third-order valence-corrected chi connectivity index (χ3v) is 4.15. The summed E-state index contributed by atoms with van der Waals surface area (Å²) < 4.78 is 0. The van der Waals surface area contributed by atoms with Crippen LogP contribution in [0.1, 0.15) is 35.8 Å². The second-order valence-corrected chi connectivity index (χ2v) is 5.26. The minimum Gasteiger partial charge on any atom is -0.481 e. The van der Waals surface area contributed by atoms with Gasteiger partial charge in [0.05, 0.1) is 5.69 Å². The van der Waals surface area contributed by atoms with E-state index in [0.29, 0.717) is 0 Å². The SMILES string of the molecule is CC(C)(C(=O)O)c1nc2c(s1)CCC2. The van der Waals surface area contributed by atoms with Crippen molar-refractivity contribution in [3.05, 3.63) is 15.6 Å². The molecule has 0 aliphatic heterocycles. The molecule has 0 saturated heterocycles.